The number of aromatic nitrogens is 2. The minimum atomic E-state index is -0.538. The molecule has 1 saturated heterocycles. The molecule has 33 heavy (non-hydrogen) atoms. The van der Waals surface area contributed by atoms with Gasteiger partial charge in [0.25, 0.3) is 0 Å². The fourth-order valence-corrected chi connectivity index (χ4v) is 4.71. The van der Waals surface area contributed by atoms with Gasteiger partial charge in [0.05, 0.1) is 5.41 Å². The molecule has 2 aromatic rings. The van der Waals surface area contributed by atoms with E-state index in [0.29, 0.717) is 18.5 Å². The summed E-state index contributed by atoms with van der Waals surface area (Å²) in [5, 5.41) is 4.37. The maximum absolute atomic E-state index is 13.3. The van der Waals surface area contributed by atoms with E-state index in [9.17, 15) is 4.79 Å². The van der Waals surface area contributed by atoms with Crippen molar-refractivity contribution >= 4 is 12.1 Å². The average molecular weight is 454 g/mol. The number of carbonyl (C=O) groups excluding carboxylic acids is 1. The van der Waals surface area contributed by atoms with Gasteiger partial charge in [-0.15, -0.1) is 0 Å². The molecule has 1 amide bonds. The van der Waals surface area contributed by atoms with Gasteiger partial charge in [-0.25, -0.2) is 4.79 Å². The first-order valence-corrected chi connectivity index (χ1v) is 12.1. The minimum absolute atomic E-state index is 0.142. The van der Waals surface area contributed by atoms with Gasteiger partial charge in [-0.3, -0.25) is 0 Å². The molecular formula is C25H35N5O3. The number of benzene rings is 1. The van der Waals surface area contributed by atoms with E-state index in [1.54, 1.807) is 0 Å². The Morgan fingerprint density at radius 1 is 1.18 bits per heavy atom. The molecule has 2 saturated carbocycles. The number of ether oxygens (including phenoxy) is 1. The number of carbonyl (C=O) groups is 1. The lowest BCUT2D eigenvalue weighted by Crippen LogP contribution is -2.44. The monoisotopic (exact) mass is 453 g/mol. The molecular weight excluding hydrogens is 418 g/mol. The van der Waals surface area contributed by atoms with Crippen LogP contribution < -0.4 is 4.90 Å². The quantitative estimate of drug-likeness (QED) is 0.661. The summed E-state index contributed by atoms with van der Waals surface area (Å²) in [6.07, 6.45) is 2.62. The highest BCUT2D eigenvalue weighted by Gasteiger charge is 2.55. The topological polar surface area (TPSA) is 74.9 Å². The highest BCUT2D eigenvalue weighted by Crippen LogP contribution is 2.52. The van der Waals surface area contributed by atoms with Crippen molar-refractivity contribution in [3.63, 3.8) is 0 Å². The molecule has 2 atom stereocenters. The van der Waals surface area contributed by atoms with Crippen LogP contribution in [-0.2, 0) is 10.2 Å². The molecule has 178 valence electrons. The third-order valence-electron chi connectivity index (χ3n) is 7.00. The average Bonchev–Trinajstić information content (AvgIpc) is 3.69. The lowest BCUT2D eigenvalue weighted by atomic mass is 10.1. The van der Waals surface area contributed by atoms with Crippen molar-refractivity contribution in [2.45, 2.75) is 63.0 Å². The Balaban J connectivity index is 1.33. The molecule has 0 spiro atoms. The number of hydrogen-bond acceptors (Lipinski definition) is 7. The van der Waals surface area contributed by atoms with Crippen LogP contribution in [0.2, 0.25) is 0 Å². The van der Waals surface area contributed by atoms with E-state index in [1.165, 1.54) is 5.56 Å². The fraction of sp³-hybridized carbons (Fsp3) is 0.640. The van der Waals surface area contributed by atoms with Gasteiger partial charge in [0, 0.05) is 44.7 Å². The Morgan fingerprint density at radius 2 is 1.88 bits per heavy atom. The summed E-state index contributed by atoms with van der Waals surface area (Å²) < 4.78 is 11.5. The van der Waals surface area contributed by atoms with Crippen LogP contribution in [0.5, 0.6) is 0 Å². The highest BCUT2D eigenvalue weighted by molar-refractivity contribution is 5.70. The van der Waals surface area contributed by atoms with Crippen molar-refractivity contribution in [2.75, 3.05) is 44.7 Å². The van der Waals surface area contributed by atoms with Crippen LogP contribution in [0.3, 0.4) is 0 Å². The van der Waals surface area contributed by atoms with Crippen molar-refractivity contribution in [1.29, 1.82) is 0 Å². The number of anilines is 1. The molecule has 2 aliphatic carbocycles. The van der Waals surface area contributed by atoms with Crippen molar-refractivity contribution in [3.8, 4) is 0 Å². The molecule has 1 aromatic carbocycles. The molecule has 2 heterocycles. The fourth-order valence-electron chi connectivity index (χ4n) is 4.71. The molecule has 8 nitrogen and oxygen atoms in total. The summed E-state index contributed by atoms with van der Waals surface area (Å²) in [6, 6.07) is 11.2. The van der Waals surface area contributed by atoms with E-state index in [-0.39, 0.29) is 17.6 Å². The lowest BCUT2D eigenvalue weighted by Gasteiger charge is -2.31. The minimum Gasteiger partial charge on any atom is -0.444 e. The SMILES string of the molecule is CN1CCN(c2nc(C3(CN(C(=O)OC(C)(C)C)[C@@H]4C[C@H]4c4ccccc4)CC3)no2)CC1. The van der Waals surface area contributed by atoms with Gasteiger partial charge in [-0.1, -0.05) is 35.5 Å². The molecule has 3 fully saturated rings. The van der Waals surface area contributed by atoms with Crippen LogP contribution in [0.25, 0.3) is 0 Å². The molecule has 8 heteroatoms. The zero-order valence-corrected chi connectivity index (χ0v) is 20.2. The maximum Gasteiger partial charge on any atom is 0.410 e. The number of rotatable bonds is 6. The van der Waals surface area contributed by atoms with Crippen molar-refractivity contribution < 1.29 is 14.1 Å². The Morgan fingerprint density at radius 3 is 2.52 bits per heavy atom. The number of nitrogens with zero attached hydrogens (tertiary/aromatic N) is 5. The zero-order valence-electron chi connectivity index (χ0n) is 20.2. The second kappa shape index (κ2) is 8.31. The normalized spacial score (nSPS) is 24.4. The second-order valence-corrected chi connectivity index (χ2v) is 10.9. The highest BCUT2D eigenvalue weighted by atomic mass is 16.6. The van der Waals surface area contributed by atoms with Crippen molar-refractivity contribution in [2.24, 2.45) is 0 Å². The summed E-state index contributed by atoms with van der Waals surface area (Å²) in [5.74, 6) is 1.07. The summed E-state index contributed by atoms with van der Waals surface area (Å²) in [5.41, 5.74) is 0.497. The number of amides is 1. The Hall–Kier alpha value is -2.61. The summed E-state index contributed by atoms with van der Waals surface area (Å²) in [6.45, 7) is 10.1. The molecule has 5 rings (SSSR count). The standard InChI is InChI=1S/C25H35N5O3/c1-24(2,3)32-23(31)30(20-16-19(20)18-8-6-5-7-9-18)17-25(10-11-25)21-26-22(33-27-21)29-14-12-28(4)13-15-29/h5-9,19-20H,10-17H2,1-4H3/t19-,20+/m0/s1. The van der Waals surface area contributed by atoms with Crippen molar-refractivity contribution in [3.05, 3.63) is 41.7 Å². The number of piperazine rings is 1. The van der Waals surface area contributed by atoms with Crippen LogP contribution in [0, 0.1) is 0 Å². The zero-order chi connectivity index (χ0) is 23.2. The molecule has 0 N–H and O–H groups in total. The van der Waals surface area contributed by atoms with E-state index in [4.69, 9.17) is 14.2 Å². The van der Waals surface area contributed by atoms with E-state index >= 15 is 0 Å². The summed E-state index contributed by atoms with van der Waals surface area (Å²) in [7, 11) is 2.13. The summed E-state index contributed by atoms with van der Waals surface area (Å²) >= 11 is 0. The van der Waals surface area contributed by atoms with Crippen LogP contribution in [0.15, 0.2) is 34.9 Å². The Labute approximate surface area is 195 Å². The molecule has 1 aromatic heterocycles. The third kappa shape index (κ3) is 4.86. The van der Waals surface area contributed by atoms with E-state index < -0.39 is 5.60 Å². The van der Waals surface area contributed by atoms with E-state index in [0.717, 1.165) is 51.3 Å². The largest absolute Gasteiger partial charge is 0.444 e. The van der Waals surface area contributed by atoms with E-state index in [2.05, 4.69) is 46.3 Å². The third-order valence-corrected chi connectivity index (χ3v) is 7.00. The predicted molar refractivity (Wildman–Crippen MR) is 125 cm³/mol. The molecule has 0 radical (unpaired) electrons. The smallest absolute Gasteiger partial charge is 0.410 e. The molecule has 0 bridgehead atoms. The van der Waals surface area contributed by atoms with Crippen LogP contribution in [0.4, 0.5) is 10.8 Å². The van der Waals surface area contributed by atoms with Crippen LogP contribution in [0.1, 0.15) is 57.3 Å². The molecule has 3 aliphatic rings. The predicted octanol–water partition coefficient (Wildman–Crippen LogP) is 3.65. The van der Waals surface area contributed by atoms with Crippen molar-refractivity contribution in [1.82, 2.24) is 19.9 Å². The maximum atomic E-state index is 13.3. The second-order valence-electron chi connectivity index (χ2n) is 10.9. The number of hydrogen-bond donors (Lipinski definition) is 0. The molecule has 1 aliphatic heterocycles. The van der Waals surface area contributed by atoms with Gasteiger partial charge in [0.1, 0.15) is 5.60 Å². The number of likely N-dealkylation sites (N-methyl/N-ethyl adjacent to an activating group) is 1. The molecule has 0 unspecified atom stereocenters. The van der Waals surface area contributed by atoms with Gasteiger partial charge >= 0.3 is 12.1 Å². The first kappa shape index (κ1) is 22.2. The van der Waals surface area contributed by atoms with Crippen LogP contribution in [-0.4, -0.2) is 77.4 Å². The van der Waals surface area contributed by atoms with Gasteiger partial charge in [0.15, 0.2) is 5.82 Å². The van der Waals surface area contributed by atoms with Gasteiger partial charge in [-0.2, -0.15) is 4.98 Å². The Kier molecular flexibility index (Phi) is 5.59. The first-order chi connectivity index (χ1) is 15.7. The van der Waals surface area contributed by atoms with Crippen LogP contribution >= 0.6 is 0 Å². The summed E-state index contributed by atoms with van der Waals surface area (Å²) in [4.78, 5) is 24.4. The van der Waals surface area contributed by atoms with Gasteiger partial charge in [-0.05, 0) is 52.6 Å². The lowest BCUT2D eigenvalue weighted by molar-refractivity contribution is 0.0208. The van der Waals surface area contributed by atoms with Gasteiger partial charge in [0.2, 0.25) is 0 Å². The van der Waals surface area contributed by atoms with E-state index in [1.807, 2.05) is 31.7 Å². The van der Waals surface area contributed by atoms with Gasteiger partial charge < -0.3 is 24.0 Å². The first-order valence-electron chi connectivity index (χ1n) is 12.1. The Bertz CT molecular complexity index is 973.